The minimum absolute atomic E-state index is 0.309. The van der Waals surface area contributed by atoms with Crippen LogP contribution in [0.4, 0.5) is 0 Å². The van der Waals surface area contributed by atoms with Gasteiger partial charge in [-0.2, -0.15) is 0 Å². The van der Waals surface area contributed by atoms with Crippen molar-refractivity contribution in [3.8, 4) is 0 Å². The molecule has 7 nitrogen and oxygen atoms in total. The van der Waals surface area contributed by atoms with E-state index >= 15 is 0 Å². The molecule has 6 aromatic rings. The van der Waals surface area contributed by atoms with Gasteiger partial charge in [0.15, 0.2) is 58.9 Å². The highest BCUT2D eigenvalue weighted by Gasteiger charge is 2.55. The molecule has 0 aromatic heterocycles. The summed E-state index contributed by atoms with van der Waals surface area (Å²) in [6, 6.07) is 69.3. The summed E-state index contributed by atoms with van der Waals surface area (Å²) in [5, 5.41) is 7.05. The van der Waals surface area contributed by atoms with Crippen molar-refractivity contribution in [3.63, 3.8) is 0 Å². The van der Waals surface area contributed by atoms with Crippen molar-refractivity contribution in [3.05, 3.63) is 182 Å². The van der Waals surface area contributed by atoms with Crippen LogP contribution < -0.4 is 31.1 Å². The van der Waals surface area contributed by atoms with Crippen LogP contribution in [-0.2, 0) is 29.1 Å². The van der Waals surface area contributed by atoms with Gasteiger partial charge < -0.3 is 29.1 Å². The molecule has 0 fully saturated rings. The third-order valence-electron chi connectivity index (χ3n) is 16.0. The third-order valence-corrected chi connectivity index (χ3v) is 55.2. The Balaban J connectivity index is 1.31. The number of hydrogen-bond donors (Lipinski definition) is 0. The van der Waals surface area contributed by atoms with E-state index in [4.69, 9.17) is 29.1 Å². The van der Waals surface area contributed by atoms with Crippen LogP contribution in [0.25, 0.3) is 0 Å². The van der Waals surface area contributed by atoms with E-state index in [1.807, 2.05) is 7.11 Å². The van der Waals surface area contributed by atoms with Crippen molar-refractivity contribution in [2.24, 2.45) is 0 Å². The first kappa shape index (κ1) is 64.4. The first-order valence-corrected chi connectivity index (χ1v) is 55.3. The van der Waals surface area contributed by atoms with E-state index < -0.39 is 84.6 Å². The molecule has 422 valence electrons. The molecule has 0 amide bonds. The minimum atomic E-state index is -3.36. The van der Waals surface area contributed by atoms with Gasteiger partial charge in [-0.25, -0.2) is 0 Å². The standard InChI is InChI=1S/C61H96O7Si10/c1-54(74(14,15)62-3)48-50-71(8,9)65-77(58-40-28-20-29-41-58,59-42-30-21-31-43-59)66-72(10,11)52-53-73(12,13)67-78(60-44-32-22-33-45-60,61-46-34-23-35-47-61)68-75(16,17)55(2)49-51-70(6,7)64-76(63-69(4)5,56-36-24-18-25-37-56)57-38-26-19-27-39-57/h18-47,54-55,69H,48-53H2,1-17H3. The van der Waals surface area contributed by atoms with Gasteiger partial charge in [0.05, 0.1) is 0 Å². The third kappa shape index (κ3) is 16.9. The lowest BCUT2D eigenvalue weighted by Crippen LogP contribution is -2.71. The molecule has 17 heteroatoms. The molecule has 0 aliphatic heterocycles. The van der Waals surface area contributed by atoms with Crippen LogP contribution in [0.1, 0.15) is 26.7 Å². The summed E-state index contributed by atoms with van der Waals surface area (Å²) >= 11 is 0. The highest BCUT2D eigenvalue weighted by molar-refractivity contribution is 7.04. The van der Waals surface area contributed by atoms with Crippen molar-refractivity contribution in [1.82, 2.24) is 0 Å². The Morgan fingerprint density at radius 1 is 0.321 bits per heavy atom. The molecular formula is C61H96O7Si10. The second kappa shape index (κ2) is 27.1. The minimum Gasteiger partial charge on any atom is -0.433 e. The van der Waals surface area contributed by atoms with Gasteiger partial charge in [-0.3, -0.25) is 0 Å². The van der Waals surface area contributed by atoms with Crippen LogP contribution in [-0.4, -0.2) is 91.7 Å². The fourth-order valence-electron chi connectivity index (χ4n) is 10.4. The van der Waals surface area contributed by atoms with Gasteiger partial charge in [0, 0.05) is 7.11 Å². The summed E-state index contributed by atoms with van der Waals surface area (Å²) in [7, 11) is -23.4. The monoisotopic (exact) mass is 1220 g/mol. The maximum absolute atomic E-state index is 8.12. The van der Waals surface area contributed by atoms with Gasteiger partial charge in [-0.05, 0) is 158 Å². The average Bonchev–Trinajstić information content (AvgIpc) is 3.47. The smallest absolute Gasteiger partial charge is 0.386 e. The normalized spacial score (nSPS) is 14.4. The molecule has 0 heterocycles. The van der Waals surface area contributed by atoms with Crippen LogP contribution in [0, 0.1) is 0 Å². The van der Waals surface area contributed by atoms with E-state index in [0.717, 1.165) is 47.4 Å². The molecule has 6 rings (SSSR count). The van der Waals surface area contributed by atoms with E-state index in [9.17, 15) is 0 Å². The lowest BCUT2D eigenvalue weighted by molar-refractivity contribution is 0.386. The Kier molecular flexibility index (Phi) is 22.3. The Morgan fingerprint density at radius 3 is 0.821 bits per heavy atom. The summed E-state index contributed by atoms with van der Waals surface area (Å²) in [6.07, 6.45) is 2.09. The second-order valence-electron chi connectivity index (χ2n) is 25.6. The molecule has 2 unspecified atom stereocenters. The molecule has 2 atom stereocenters. The van der Waals surface area contributed by atoms with Crippen molar-refractivity contribution in [2.75, 3.05) is 7.11 Å². The van der Waals surface area contributed by atoms with Gasteiger partial charge in [-0.15, -0.1) is 0 Å². The van der Waals surface area contributed by atoms with Crippen molar-refractivity contribution in [2.45, 2.75) is 154 Å². The molecule has 78 heavy (non-hydrogen) atoms. The molecule has 0 saturated carbocycles. The van der Waals surface area contributed by atoms with E-state index in [-0.39, 0.29) is 0 Å². The molecule has 0 spiro atoms. The van der Waals surface area contributed by atoms with E-state index in [1.165, 1.54) is 20.7 Å². The van der Waals surface area contributed by atoms with E-state index in [0.29, 0.717) is 11.1 Å². The SMILES string of the molecule is CO[Si](C)(C)C(C)CC[Si](C)(C)O[Si](O[Si](C)(C)CC[Si](C)(C)O[Si](O[Si](C)(C)C(C)CC[Si](C)(C)O[Si](O[SiH](C)C)(c1ccccc1)c1ccccc1)(c1ccccc1)c1ccccc1)(c1ccccc1)c1ccccc1. The largest absolute Gasteiger partial charge is 0.433 e. The molecule has 0 aliphatic rings. The fraction of sp³-hybridized carbons (Fsp3) is 0.410. The Labute approximate surface area is 484 Å². The first-order chi connectivity index (χ1) is 36.6. The zero-order valence-electron chi connectivity index (χ0n) is 50.7. The molecule has 0 N–H and O–H groups in total. The predicted octanol–water partition coefficient (Wildman–Crippen LogP) is 13.3. The van der Waals surface area contributed by atoms with Crippen molar-refractivity contribution < 1.29 is 29.1 Å². The van der Waals surface area contributed by atoms with Crippen molar-refractivity contribution >= 4 is 116 Å². The quantitative estimate of drug-likeness (QED) is 0.0416. The van der Waals surface area contributed by atoms with Gasteiger partial charge >= 0.3 is 25.7 Å². The molecule has 0 aliphatic carbocycles. The van der Waals surface area contributed by atoms with Crippen LogP contribution in [0.3, 0.4) is 0 Å². The molecule has 0 saturated heterocycles. The highest BCUT2D eigenvalue weighted by atomic mass is 28.5. The Morgan fingerprint density at radius 2 is 0.551 bits per heavy atom. The summed E-state index contributed by atoms with van der Waals surface area (Å²) in [5.41, 5.74) is 0.820. The number of rotatable bonds is 30. The summed E-state index contributed by atoms with van der Waals surface area (Å²) in [4.78, 5) is 0. The molecule has 0 radical (unpaired) electrons. The molecular weight excluding hydrogens is 1130 g/mol. The fourth-order valence-corrected chi connectivity index (χ4v) is 53.0. The van der Waals surface area contributed by atoms with Gasteiger partial charge in [-0.1, -0.05) is 209 Å². The van der Waals surface area contributed by atoms with Crippen LogP contribution >= 0.6 is 0 Å². The second-order valence-corrected chi connectivity index (χ2v) is 64.7. The van der Waals surface area contributed by atoms with Crippen LogP contribution in [0.15, 0.2) is 182 Å². The first-order valence-electron chi connectivity index (χ1n) is 28.7. The van der Waals surface area contributed by atoms with Gasteiger partial charge in [0.25, 0.3) is 0 Å². The van der Waals surface area contributed by atoms with Gasteiger partial charge in [0.2, 0.25) is 0 Å². The van der Waals surface area contributed by atoms with E-state index in [2.05, 4.69) is 287 Å². The lowest BCUT2D eigenvalue weighted by Gasteiger charge is -2.46. The molecule has 6 aromatic carbocycles. The summed E-state index contributed by atoms with van der Waals surface area (Å²) in [6.45, 7) is 38.2. The number of hydrogen-bond acceptors (Lipinski definition) is 7. The van der Waals surface area contributed by atoms with Gasteiger partial charge in [0.1, 0.15) is 0 Å². The maximum atomic E-state index is 8.12. The summed E-state index contributed by atoms with van der Waals surface area (Å²) in [5.74, 6) is 0. The summed E-state index contributed by atoms with van der Waals surface area (Å²) < 4.78 is 53.2. The Bertz CT molecular complexity index is 2600. The maximum Gasteiger partial charge on any atom is 0.386 e. The van der Waals surface area contributed by atoms with Crippen LogP contribution in [0.2, 0.25) is 127 Å². The number of benzene rings is 6. The van der Waals surface area contributed by atoms with Crippen LogP contribution in [0.5, 0.6) is 0 Å². The predicted molar refractivity (Wildman–Crippen MR) is 358 cm³/mol. The zero-order valence-corrected chi connectivity index (χ0v) is 60.8. The Hall–Kier alpha value is -2.79. The lowest BCUT2D eigenvalue weighted by atomic mass is 10.4. The highest BCUT2D eigenvalue weighted by Crippen LogP contribution is 2.37. The topological polar surface area (TPSA) is 64.6 Å². The van der Waals surface area contributed by atoms with E-state index in [1.54, 1.807) is 0 Å². The van der Waals surface area contributed by atoms with Crippen molar-refractivity contribution in [1.29, 1.82) is 0 Å². The zero-order chi connectivity index (χ0) is 57.1. The molecule has 0 bridgehead atoms. The average molecular weight is 1220 g/mol.